The number of nitrogens with one attached hydrogen (secondary N) is 1. The molecule has 1 N–H and O–H groups in total. The molecular formula is C15H16F2N2O. The van der Waals surface area contributed by atoms with Crippen LogP contribution in [-0.4, -0.2) is 11.0 Å². The van der Waals surface area contributed by atoms with Crippen molar-refractivity contribution in [2.45, 2.75) is 26.4 Å². The molecule has 3 nitrogen and oxygen atoms in total. The normalized spacial score (nSPS) is 10.8. The van der Waals surface area contributed by atoms with Gasteiger partial charge in [-0.05, 0) is 18.2 Å². The second kappa shape index (κ2) is 6.43. The Bertz CT molecular complexity index is 588. The molecule has 0 amide bonds. The maximum absolute atomic E-state index is 13.5. The third kappa shape index (κ3) is 3.74. The number of hydrogen-bond acceptors (Lipinski definition) is 3. The third-order valence-corrected chi connectivity index (χ3v) is 2.60. The van der Waals surface area contributed by atoms with Gasteiger partial charge >= 0.3 is 0 Å². The van der Waals surface area contributed by atoms with Crippen LogP contribution in [0.25, 0.3) is 0 Å². The highest BCUT2D eigenvalue weighted by molar-refractivity contribution is 5.29. The van der Waals surface area contributed by atoms with Gasteiger partial charge in [0.05, 0.1) is 5.69 Å². The lowest BCUT2D eigenvalue weighted by atomic mass is 10.3. The van der Waals surface area contributed by atoms with Gasteiger partial charge in [0.1, 0.15) is 0 Å². The van der Waals surface area contributed by atoms with E-state index in [1.54, 1.807) is 12.1 Å². The minimum atomic E-state index is -1.01. The molecule has 0 bridgehead atoms. The van der Waals surface area contributed by atoms with Crippen LogP contribution in [0.2, 0.25) is 0 Å². The van der Waals surface area contributed by atoms with E-state index in [1.165, 1.54) is 12.1 Å². The molecule has 0 aliphatic carbocycles. The number of nitrogens with zero attached hydrogens (tertiary/aromatic N) is 1. The highest BCUT2D eigenvalue weighted by atomic mass is 19.2. The van der Waals surface area contributed by atoms with Gasteiger partial charge in [-0.3, -0.25) is 0 Å². The van der Waals surface area contributed by atoms with Crippen molar-refractivity contribution in [1.82, 2.24) is 10.3 Å². The Morgan fingerprint density at radius 3 is 2.65 bits per heavy atom. The molecule has 1 aromatic carbocycles. The predicted octanol–water partition coefficient (Wildman–Crippen LogP) is 3.65. The molecular weight excluding hydrogens is 262 g/mol. The van der Waals surface area contributed by atoms with Crippen molar-refractivity contribution in [3.63, 3.8) is 0 Å². The average molecular weight is 278 g/mol. The predicted molar refractivity (Wildman–Crippen MR) is 72.6 cm³/mol. The van der Waals surface area contributed by atoms with E-state index >= 15 is 0 Å². The van der Waals surface area contributed by atoms with E-state index in [-0.39, 0.29) is 11.6 Å². The van der Waals surface area contributed by atoms with Gasteiger partial charge in [-0.15, -0.1) is 0 Å². The smallest absolute Gasteiger partial charge is 0.219 e. The maximum atomic E-state index is 13.5. The van der Waals surface area contributed by atoms with E-state index in [0.29, 0.717) is 12.6 Å². The van der Waals surface area contributed by atoms with Crippen LogP contribution < -0.4 is 10.1 Å². The zero-order valence-electron chi connectivity index (χ0n) is 11.4. The Morgan fingerprint density at radius 1 is 1.15 bits per heavy atom. The lowest BCUT2D eigenvalue weighted by Gasteiger charge is -2.10. The van der Waals surface area contributed by atoms with Gasteiger partial charge in [0.15, 0.2) is 11.6 Å². The number of aromatic nitrogens is 1. The minimum absolute atomic E-state index is 0.175. The summed E-state index contributed by atoms with van der Waals surface area (Å²) in [7, 11) is 0. The molecule has 1 aromatic heterocycles. The molecule has 2 aromatic rings. The second-order valence-electron chi connectivity index (χ2n) is 4.66. The molecule has 0 aliphatic heterocycles. The molecule has 0 unspecified atom stereocenters. The molecule has 5 heteroatoms. The number of ether oxygens (including phenoxy) is 1. The van der Waals surface area contributed by atoms with Gasteiger partial charge < -0.3 is 10.1 Å². The first-order chi connectivity index (χ1) is 9.56. The number of benzene rings is 1. The molecule has 0 saturated carbocycles. The van der Waals surface area contributed by atoms with Gasteiger partial charge in [-0.1, -0.05) is 26.0 Å². The molecule has 0 aliphatic rings. The fourth-order valence-electron chi connectivity index (χ4n) is 1.60. The second-order valence-corrected chi connectivity index (χ2v) is 4.66. The average Bonchev–Trinajstić information content (AvgIpc) is 2.42. The van der Waals surface area contributed by atoms with Crippen molar-refractivity contribution in [2.75, 3.05) is 0 Å². The van der Waals surface area contributed by atoms with Gasteiger partial charge in [0.25, 0.3) is 0 Å². The molecule has 20 heavy (non-hydrogen) atoms. The first-order valence-corrected chi connectivity index (χ1v) is 6.37. The summed E-state index contributed by atoms with van der Waals surface area (Å²) in [5.41, 5.74) is 0.771. The minimum Gasteiger partial charge on any atom is -0.436 e. The summed E-state index contributed by atoms with van der Waals surface area (Å²) in [6, 6.07) is 9.32. The zero-order valence-corrected chi connectivity index (χ0v) is 11.4. The Balaban J connectivity index is 2.13. The van der Waals surface area contributed by atoms with E-state index in [2.05, 4.69) is 10.3 Å². The molecule has 0 fully saturated rings. The van der Waals surface area contributed by atoms with Gasteiger partial charge in [0.2, 0.25) is 11.7 Å². The van der Waals surface area contributed by atoms with Crippen LogP contribution >= 0.6 is 0 Å². The van der Waals surface area contributed by atoms with Gasteiger partial charge in [0, 0.05) is 18.7 Å². The highest BCUT2D eigenvalue weighted by Gasteiger charge is 2.10. The summed E-state index contributed by atoms with van der Waals surface area (Å²) < 4.78 is 31.9. The van der Waals surface area contributed by atoms with Gasteiger partial charge in [-0.2, -0.15) is 4.39 Å². The monoisotopic (exact) mass is 278 g/mol. The number of hydrogen-bond donors (Lipinski definition) is 1. The SMILES string of the molecule is CC(C)NCc1cccc(Oc2cccc(F)c2F)n1. The van der Waals surface area contributed by atoms with Crippen LogP contribution in [0.4, 0.5) is 8.78 Å². The topological polar surface area (TPSA) is 34.1 Å². The number of pyridine rings is 1. The largest absolute Gasteiger partial charge is 0.436 e. The summed E-state index contributed by atoms with van der Waals surface area (Å²) in [6.45, 7) is 4.64. The van der Waals surface area contributed by atoms with Gasteiger partial charge in [-0.25, -0.2) is 9.37 Å². The Morgan fingerprint density at radius 2 is 1.90 bits per heavy atom. The molecule has 0 atom stereocenters. The molecule has 0 saturated heterocycles. The fourth-order valence-corrected chi connectivity index (χ4v) is 1.60. The molecule has 1 heterocycles. The molecule has 2 rings (SSSR count). The van der Waals surface area contributed by atoms with E-state index < -0.39 is 11.6 Å². The quantitative estimate of drug-likeness (QED) is 0.906. The van der Waals surface area contributed by atoms with Crippen LogP contribution in [0.3, 0.4) is 0 Å². The van der Waals surface area contributed by atoms with E-state index in [9.17, 15) is 8.78 Å². The molecule has 0 spiro atoms. The first kappa shape index (κ1) is 14.4. The van der Waals surface area contributed by atoms with E-state index in [1.807, 2.05) is 19.9 Å². The first-order valence-electron chi connectivity index (χ1n) is 6.37. The summed E-state index contributed by atoms with van der Waals surface area (Å²) in [4.78, 5) is 4.24. The Hall–Kier alpha value is -2.01. The fraction of sp³-hybridized carbons (Fsp3) is 0.267. The van der Waals surface area contributed by atoms with Crippen LogP contribution in [0.5, 0.6) is 11.6 Å². The lowest BCUT2D eigenvalue weighted by molar-refractivity contribution is 0.403. The van der Waals surface area contributed by atoms with Crippen molar-refractivity contribution in [3.8, 4) is 11.6 Å². The van der Waals surface area contributed by atoms with Crippen molar-refractivity contribution in [2.24, 2.45) is 0 Å². The standard InChI is InChI=1S/C15H16F2N2O/c1-10(2)18-9-11-5-3-8-14(19-11)20-13-7-4-6-12(16)15(13)17/h3-8,10,18H,9H2,1-2H3. The Labute approximate surface area is 116 Å². The zero-order chi connectivity index (χ0) is 14.5. The van der Waals surface area contributed by atoms with Crippen LogP contribution in [0, 0.1) is 11.6 Å². The maximum Gasteiger partial charge on any atom is 0.219 e. The molecule has 106 valence electrons. The lowest BCUT2D eigenvalue weighted by Crippen LogP contribution is -2.22. The van der Waals surface area contributed by atoms with E-state index in [0.717, 1.165) is 11.8 Å². The van der Waals surface area contributed by atoms with Crippen LogP contribution in [-0.2, 0) is 6.54 Å². The third-order valence-electron chi connectivity index (χ3n) is 2.60. The van der Waals surface area contributed by atoms with Crippen molar-refractivity contribution < 1.29 is 13.5 Å². The number of halogens is 2. The van der Waals surface area contributed by atoms with Crippen molar-refractivity contribution in [3.05, 3.63) is 53.7 Å². The summed E-state index contributed by atoms with van der Waals surface area (Å²) in [5.74, 6) is -1.90. The molecule has 0 radical (unpaired) electrons. The summed E-state index contributed by atoms with van der Waals surface area (Å²) in [6.07, 6.45) is 0. The highest BCUT2D eigenvalue weighted by Crippen LogP contribution is 2.24. The van der Waals surface area contributed by atoms with Crippen LogP contribution in [0.1, 0.15) is 19.5 Å². The van der Waals surface area contributed by atoms with Crippen molar-refractivity contribution in [1.29, 1.82) is 0 Å². The Kier molecular flexibility index (Phi) is 4.63. The van der Waals surface area contributed by atoms with Crippen LogP contribution in [0.15, 0.2) is 36.4 Å². The van der Waals surface area contributed by atoms with Crippen molar-refractivity contribution >= 4 is 0 Å². The van der Waals surface area contributed by atoms with E-state index in [4.69, 9.17) is 4.74 Å². The number of rotatable bonds is 5. The summed E-state index contributed by atoms with van der Waals surface area (Å²) >= 11 is 0. The summed E-state index contributed by atoms with van der Waals surface area (Å²) in [5, 5.41) is 3.22.